The minimum absolute atomic E-state index is 0.290. The molecule has 104 valence electrons. The molecule has 0 saturated carbocycles. The van der Waals surface area contributed by atoms with Gasteiger partial charge in [0.1, 0.15) is 0 Å². The Kier molecular flexibility index (Phi) is 4.86. The van der Waals surface area contributed by atoms with Crippen LogP contribution >= 0.6 is 15.9 Å². The van der Waals surface area contributed by atoms with Crippen molar-refractivity contribution in [2.45, 2.75) is 32.6 Å². The Morgan fingerprint density at radius 2 is 2.32 bits per heavy atom. The van der Waals surface area contributed by atoms with Gasteiger partial charge >= 0.3 is 5.97 Å². The first-order valence-corrected chi connectivity index (χ1v) is 7.58. The van der Waals surface area contributed by atoms with Crippen LogP contribution in [0.1, 0.15) is 31.2 Å². The minimum Gasteiger partial charge on any atom is -0.481 e. The van der Waals surface area contributed by atoms with Crippen molar-refractivity contribution < 1.29 is 9.90 Å². The summed E-state index contributed by atoms with van der Waals surface area (Å²) in [5.74, 6) is -0.176. The third kappa shape index (κ3) is 3.96. The molecule has 0 radical (unpaired) electrons. The monoisotopic (exact) mass is 325 g/mol. The number of aliphatic carboxylic acids is 1. The highest BCUT2D eigenvalue weighted by Gasteiger charge is 2.21. The molecule has 0 spiro atoms. The number of carbonyl (C=O) groups is 1. The summed E-state index contributed by atoms with van der Waals surface area (Å²) < 4.78 is 1.10. The molecular weight excluding hydrogens is 306 g/mol. The molecule has 0 amide bonds. The summed E-state index contributed by atoms with van der Waals surface area (Å²) in [4.78, 5) is 13.1. The van der Waals surface area contributed by atoms with Crippen LogP contribution in [0, 0.1) is 12.8 Å². The van der Waals surface area contributed by atoms with Crippen molar-refractivity contribution in [1.82, 2.24) is 0 Å². The Morgan fingerprint density at radius 3 is 3.00 bits per heavy atom. The van der Waals surface area contributed by atoms with Gasteiger partial charge in [-0.15, -0.1) is 0 Å². The zero-order valence-electron chi connectivity index (χ0n) is 11.2. The number of aryl methyl sites for hydroxylation is 1. The molecule has 0 aliphatic carbocycles. The van der Waals surface area contributed by atoms with Gasteiger partial charge < -0.3 is 10.0 Å². The van der Waals surface area contributed by atoms with Crippen LogP contribution in [-0.2, 0) is 4.79 Å². The van der Waals surface area contributed by atoms with E-state index in [-0.39, 0.29) is 6.42 Å². The Labute approximate surface area is 122 Å². The average molecular weight is 326 g/mol. The molecule has 3 nitrogen and oxygen atoms in total. The number of anilines is 1. The van der Waals surface area contributed by atoms with Gasteiger partial charge in [0, 0.05) is 29.7 Å². The zero-order chi connectivity index (χ0) is 13.8. The molecule has 1 saturated heterocycles. The molecule has 4 heteroatoms. The number of halogens is 1. The first-order valence-electron chi connectivity index (χ1n) is 6.79. The van der Waals surface area contributed by atoms with Crippen LogP contribution < -0.4 is 4.90 Å². The lowest BCUT2D eigenvalue weighted by Crippen LogP contribution is -2.36. The van der Waals surface area contributed by atoms with E-state index >= 15 is 0 Å². The lowest BCUT2D eigenvalue weighted by Gasteiger charge is -2.35. The average Bonchev–Trinajstić information content (AvgIpc) is 2.36. The second-order valence-corrected chi connectivity index (χ2v) is 6.23. The molecule has 1 heterocycles. The highest BCUT2D eigenvalue weighted by atomic mass is 79.9. The maximum Gasteiger partial charge on any atom is 0.303 e. The van der Waals surface area contributed by atoms with E-state index in [1.807, 2.05) is 0 Å². The minimum atomic E-state index is -0.683. The molecule has 1 aliphatic rings. The number of hydrogen-bond donors (Lipinski definition) is 1. The Balaban J connectivity index is 2.02. The van der Waals surface area contributed by atoms with Gasteiger partial charge in [0.25, 0.3) is 0 Å². The van der Waals surface area contributed by atoms with Crippen molar-refractivity contribution in [3.63, 3.8) is 0 Å². The lowest BCUT2D eigenvalue weighted by molar-refractivity contribution is -0.137. The number of rotatable bonds is 4. The fourth-order valence-corrected chi connectivity index (χ4v) is 3.30. The van der Waals surface area contributed by atoms with Gasteiger partial charge in [0.2, 0.25) is 0 Å². The summed E-state index contributed by atoms with van der Waals surface area (Å²) in [6.45, 7) is 4.18. The fourth-order valence-electron chi connectivity index (χ4n) is 2.82. The Bertz CT molecular complexity index is 461. The van der Waals surface area contributed by atoms with Gasteiger partial charge in [0.15, 0.2) is 0 Å². The van der Waals surface area contributed by atoms with Crippen LogP contribution in [0.25, 0.3) is 0 Å². The van der Waals surface area contributed by atoms with E-state index in [9.17, 15) is 4.79 Å². The molecule has 0 bridgehead atoms. The Morgan fingerprint density at radius 1 is 1.53 bits per heavy atom. The van der Waals surface area contributed by atoms with Crippen molar-refractivity contribution in [2.75, 3.05) is 18.0 Å². The van der Waals surface area contributed by atoms with E-state index < -0.39 is 5.97 Å². The fraction of sp³-hybridized carbons (Fsp3) is 0.533. The smallest absolute Gasteiger partial charge is 0.303 e. The second kappa shape index (κ2) is 6.42. The van der Waals surface area contributed by atoms with Crippen LogP contribution in [0.3, 0.4) is 0 Å². The number of piperidine rings is 1. The first-order chi connectivity index (χ1) is 9.06. The summed E-state index contributed by atoms with van der Waals surface area (Å²) in [7, 11) is 0. The Hall–Kier alpha value is -1.03. The van der Waals surface area contributed by atoms with E-state index in [1.165, 1.54) is 11.3 Å². The summed E-state index contributed by atoms with van der Waals surface area (Å²) in [6, 6.07) is 6.36. The summed E-state index contributed by atoms with van der Waals surface area (Å²) in [6.07, 6.45) is 3.39. The summed E-state index contributed by atoms with van der Waals surface area (Å²) >= 11 is 3.49. The highest BCUT2D eigenvalue weighted by molar-refractivity contribution is 9.10. The maximum atomic E-state index is 10.7. The third-order valence-electron chi connectivity index (χ3n) is 3.78. The third-order valence-corrected chi connectivity index (χ3v) is 4.28. The normalized spacial score (nSPS) is 19.5. The molecule has 1 aromatic carbocycles. The van der Waals surface area contributed by atoms with Gasteiger partial charge in [-0.25, -0.2) is 0 Å². The highest BCUT2D eigenvalue weighted by Crippen LogP contribution is 2.29. The van der Waals surface area contributed by atoms with Crippen molar-refractivity contribution in [3.05, 3.63) is 28.2 Å². The molecule has 1 fully saturated rings. The zero-order valence-corrected chi connectivity index (χ0v) is 12.8. The van der Waals surface area contributed by atoms with Crippen LogP contribution in [0.2, 0.25) is 0 Å². The largest absolute Gasteiger partial charge is 0.481 e. The summed E-state index contributed by atoms with van der Waals surface area (Å²) in [5.41, 5.74) is 2.55. The van der Waals surface area contributed by atoms with E-state index in [4.69, 9.17) is 5.11 Å². The van der Waals surface area contributed by atoms with E-state index in [2.05, 4.69) is 46.0 Å². The van der Waals surface area contributed by atoms with Crippen LogP contribution in [0.5, 0.6) is 0 Å². The molecule has 1 unspecified atom stereocenters. The predicted molar refractivity (Wildman–Crippen MR) is 80.7 cm³/mol. The van der Waals surface area contributed by atoms with Gasteiger partial charge in [0.05, 0.1) is 0 Å². The molecule has 1 aromatic rings. The first kappa shape index (κ1) is 14.4. The van der Waals surface area contributed by atoms with Gasteiger partial charge in [-0.2, -0.15) is 0 Å². The molecule has 19 heavy (non-hydrogen) atoms. The van der Waals surface area contributed by atoms with Crippen molar-refractivity contribution in [1.29, 1.82) is 0 Å². The van der Waals surface area contributed by atoms with Crippen LogP contribution in [-0.4, -0.2) is 24.2 Å². The summed E-state index contributed by atoms with van der Waals surface area (Å²) in [5, 5.41) is 8.78. The van der Waals surface area contributed by atoms with Crippen molar-refractivity contribution >= 4 is 27.6 Å². The van der Waals surface area contributed by atoms with Gasteiger partial charge in [-0.1, -0.05) is 15.9 Å². The van der Waals surface area contributed by atoms with Crippen LogP contribution in [0.4, 0.5) is 5.69 Å². The standard InChI is InChI=1S/C15H20BrNO2/c1-11-9-13(16)5-6-14(11)17-8-2-3-12(10-17)4-7-15(18)19/h5-6,9,12H,2-4,7-8,10H2,1H3,(H,18,19). The van der Waals surface area contributed by atoms with E-state index in [0.29, 0.717) is 5.92 Å². The van der Waals surface area contributed by atoms with Gasteiger partial charge in [-0.3, -0.25) is 4.79 Å². The SMILES string of the molecule is Cc1cc(Br)ccc1N1CCCC(CCC(=O)O)C1. The van der Waals surface area contributed by atoms with Gasteiger partial charge in [-0.05, 0) is 55.9 Å². The number of nitrogens with zero attached hydrogens (tertiary/aromatic N) is 1. The van der Waals surface area contributed by atoms with Crippen molar-refractivity contribution in [3.8, 4) is 0 Å². The quantitative estimate of drug-likeness (QED) is 0.914. The molecule has 1 aliphatic heterocycles. The number of hydrogen-bond acceptors (Lipinski definition) is 2. The van der Waals surface area contributed by atoms with E-state index in [1.54, 1.807) is 0 Å². The molecule has 1 N–H and O–H groups in total. The van der Waals surface area contributed by atoms with E-state index in [0.717, 1.165) is 36.8 Å². The number of carboxylic acid groups (broad SMARTS) is 1. The van der Waals surface area contributed by atoms with Crippen molar-refractivity contribution in [2.24, 2.45) is 5.92 Å². The maximum absolute atomic E-state index is 10.7. The topological polar surface area (TPSA) is 40.5 Å². The molecular formula is C15H20BrNO2. The molecule has 2 rings (SSSR count). The predicted octanol–water partition coefficient (Wildman–Crippen LogP) is 3.84. The molecule has 1 atom stereocenters. The number of benzene rings is 1. The molecule has 0 aromatic heterocycles. The van der Waals surface area contributed by atoms with Crippen LogP contribution in [0.15, 0.2) is 22.7 Å². The lowest BCUT2D eigenvalue weighted by atomic mass is 9.92. The number of carboxylic acids is 1. The second-order valence-electron chi connectivity index (χ2n) is 5.32.